The molecule has 8 heteroatoms. The lowest BCUT2D eigenvalue weighted by molar-refractivity contribution is -0.137. The first-order chi connectivity index (χ1) is 11.8. The van der Waals surface area contributed by atoms with E-state index in [0.717, 1.165) is 11.6 Å². The Bertz CT molecular complexity index is 738. The van der Waals surface area contributed by atoms with Gasteiger partial charge in [0, 0.05) is 12.2 Å². The Morgan fingerprint density at radius 2 is 1.85 bits per heavy atom. The monoisotopic (exact) mass is 387 g/mol. The third-order valence-electron chi connectivity index (χ3n) is 3.68. The zero-order valence-corrected chi connectivity index (χ0v) is 15.0. The van der Waals surface area contributed by atoms with Crippen molar-refractivity contribution < 1.29 is 18.0 Å². The van der Waals surface area contributed by atoms with Crippen LogP contribution >= 0.6 is 12.4 Å². The lowest BCUT2D eigenvalue weighted by Gasteiger charge is -2.21. The summed E-state index contributed by atoms with van der Waals surface area (Å²) in [4.78, 5) is 14.0. The van der Waals surface area contributed by atoms with Crippen LogP contribution in [0.3, 0.4) is 0 Å². The molecular formula is C18H21ClF3N3O. The molecule has 26 heavy (non-hydrogen) atoms. The van der Waals surface area contributed by atoms with Crippen molar-refractivity contribution in [2.45, 2.75) is 19.6 Å². The van der Waals surface area contributed by atoms with Crippen molar-refractivity contribution in [3.05, 3.63) is 59.7 Å². The van der Waals surface area contributed by atoms with Crippen LogP contribution in [0.15, 0.2) is 48.5 Å². The molecule has 142 valence electrons. The number of halogens is 4. The number of alkyl halides is 3. The zero-order chi connectivity index (χ0) is 18.4. The van der Waals surface area contributed by atoms with E-state index in [9.17, 15) is 18.0 Å². The van der Waals surface area contributed by atoms with Gasteiger partial charge in [0.15, 0.2) is 0 Å². The van der Waals surface area contributed by atoms with Gasteiger partial charge in [-0.3, -0.25) is 9.69 Å². The zero-order valence-electron chi connectivity index (χ0n) is 14.2. The topological polar surface area (TPSA) is 58.4 Å². The quantitative estimate of drug-likeness (QED) is 0.731. The number of benzene rings is 2. The van der Waals surface area contributed by atoms with Crippen molar-refractivity contribution in [2.24, 2.45) is 0 Å². The summed E-state index contributed by atoms with van der Waals surface area (Å²) in [5.74, 6) is -0.498. The molecule has 3 N–H and O–H groups in total. The number of likely N-dealkylation sites (N-methyl/N-ethyl adjacent to an activating group) is 1. The molecule has 0 aliphatic heterocycles. The number of hydrogen-bond donors (Lipinski definition) is 2. The van der Waals surface area contributed by atoms with E-state index in [4.69, 9.17) is 5.73 Å². The molecule has 2 rings (SSSR count). The summed E-state index contributed by atoms with van der Waals surface area (Å²) in [6.07, 6.45) is -4.52. The second-order valence-electron chi connectivity index (χ2n) is 5.64. The number of para-hydroxylation sites is 1. The predicted molar refractivity (Wildman–Crippen MR) is 99.1 cm³/mol. The minimum absolute atomic E-state index is 0. The number of anilines is 2. The molecule has 0 fully saturated rings. The number of nitrogens with two attached hydrogens (primary N) is 1. The highest BCUT2D eigenvalue weighted by Gasteiger charge is 2.33. The third kappa shape index (κ3) is 6.24. The van der Waals surface area contributed by atoms with Crippen molar-refractivity contribution in [1.82, 2.24) is 4.90 Å². The number of nitrogen functional groups attached to an aromatic ring is 1. The number of hydrogen-bond acceptors (Lipinski definition) is 3. The molecule has 2 aromatic rings. The molecule has 0 unspecified atom stereocenters. The van der Waals surface area contributed by atoms with E-state index in [0.29, 0.717) is 18.8 Å². The Labute approximate surface area is 156 Å². The SMILES string of the molecule is CCN(CC(=O)Nc1ccccc1C(F)(F)F)Cc1cccc(N)c1.Cl. The maximum atomic E-state index is 13.0. The molecule has 0 spiro atoms. The molecule has 0 saturated heterocycles. The highest BCUT2D eigenvalue weighted by molar-refractivity contribution is 5.93. The van der Waals surface area contributed by atoms with E-state index in [-0.39, 0.29) is 24.6 Å². The molecule has 4 nitrogen and oxygen atoms in total. The molecule has 2 aromatic carbocycles. The molecule has 0 radical (unpaired) electrons. The lowest BCUT2D eigenvalue weighted by Crippen LogP contribution is -2.33. The van der Waals surface area contributed by atoms with E-state index in [1.165, 1.54) is 18.2 Å². The molecule has 0 aliphatic rings. The van der Waals surface area contributed by atoms with Crippen LogP contribution in [0.5, 0.6) is 0 Å². The highest BCUT2D eigenvalue weighted by atomic mass is 35.5. The van der Waals surface area contributed by atoms with Crippen molar-refractivity contribution in [3.8, 4) is 0 Å². The van der Waals surface area contributed by atoms with Gasteiger partial charge in [-0.2, -0.15) is 13.2 Å². The maximum absolute atomic E-state index is 13.0. The normalized spacial score (nSPS) is 11.1. The molecule has 0 saturated carbocycles. The fourth-order valence-electron chi connectivity index (χ4n) is 2.46. The van der Waals surface area contributed by atoms with Gasteiger partial charge < -0.3 is 11.1 Å². The van der Waals surface area contributed by atoms with Crippen LogP contribution in [0.4, 0.5) is 24.5 Å². The molecule has 1 amide bonds. The number of rotatable bonds is 6. The van der Waals surface area contributed by atoms with Crippen LogP contribution in [0.1, 0.15) is 18.1 Å². The van der Waals surface area contributed by atoms with Gasteiger partial charge in [-0.1, -0.05) is 31.2 Å². The Morgan fingerprint density at radius 1 is 1.15 bits per heavy atom. The van der Waals surface area contributed by atoms with Crippen LogP contribution < -0.4 is 11.1 Å². The second-order valence-corrected chi connectivity index (χ2v) is 5.64. The summed E-state index contributed by atoms with van der Waals surface area (Å²) in [5.41, 5.74) is 6.19. The van der Waals surface area contributed by atoms with Crippen LogP contribution in [-0.4, -0.2) is 23.9 Å². The minimum atomic E-state index is -4.52. The standard InChI is InChI=1S/C18H20F3N3O.ClH/c1-2-24(11-13-6-5-7-14(22)10-13)12-17(25)23-16-9-4-3-8-15(16)18(19,20)21;/h3-10H,2,11-12,22H2,1H3,(H,23,25);1H. The summed E-state index contributed by atoms with van der Waals surface area (Å²) < 4.78 is 38.9. The first kappa shape index (κ1) is 21.8. The molecule has 0 bridgehead atoms. The lowest BCUT2D eigenvalue weighted by atomic mass is 10.1. The van der Waals surface area contributed by atoms with Crippen LogP contribution in [0.2, 0.25) is 0 Å². The fraction of sp³-hybridized carbons (Fsp3) is 0.278. The van der Waals surface area contributed by atoms with Crippen LogP contribution in [0.25, 0.3) is 0 Å². The number of amides is 1. The van der Waals surface area contributed by atoms with E-state index in [1.807, 2.05) is 24.0 Å². The average molecular weight is 388 g/mol. The second kappa shape index (κ2) is 9.45. The summed E-state index contributed by atoms with van der Waals surface area (Å²) in [5, 5.41) is 2.35. The Morgan fingerprint density at radius 3 is 2.46 bits per heavy atom. The smallest absolute Gasteiger partial charge is 0.399 e. The van der Waals surface area contributed by atoms with Crippen LogP contribution in [-0.2, 0) is 17.5 Å². The van der Waals surface area contributed by atoms with Crippen LogP contribution in [0, 0.1) is 0 Å². The fourth-order valence-corrected chi connectivity index (χ4v) is 2.46. The molecular weight excluding hydrogens is 367 g/mol. The van der Waals surface area contributed by atoms with Gasteiger partial charge >= 0.3 is 6.18 Å². The van der Waals surface area contributed by atoms with Crippen molar-refractivity contribution in [2.75, 3.05) is 24.1 Å². The largest absolute Gasteiger partial charge is 0.418 e. The number of carbonyl (C=O) groups is 1. The average Bonchev–Trinajstić information content (AvgIpc) is 2.53. The minimum Gasteiger partial charge on any atom is -0.399 e. The van der Waals surface area contributed by atoms with Gasteiger partial charge in [-0.05, 0) is 36.4 Å². The van der Waals surface area contributed by atoms with Gasteiger partial charge in [0.25, 0.3) is 0 Å². The predicted octanol–water partition coefficient (Wildman–Crippen LogP) is 4.17. The van der Waals surface area contributed by atoms with E-state index >= 15 is 0 Å². The first-order valence-electron chi connectivity index (χ1n) is 7.82. The first-order valence-corrected chi connectivity index (χ1v) is 7.82. The van der Waals surface area contributed by atoms with Gasteiger partial charge in [0.2, 0.25) is 5.91 Å². The van der Waals surface area contributed by atoms with E-state index in [1.54, 1.807) is 12.1 Å². The molecule has 0 aliphatic carbocycles. The van der Waals surface area contributed by atoms with Gasteiger partial charge in [-0.25, -0.2) is 0 Å². The number of nitrogens with one attached hydrogen (secondary N) is 1. The summed E-state index contributed by atoms with van der Waals surface area (Å²) >= 11 is 0. The van der Waals surface area contributed by atoms with Gasteiger partial charge in [-0.15, -0.1) is 12.4 Å². The van der Waals surface area contributed by atoms with Crippen molar-refractivity contribution in [3.63, 3.8) is 0 Å². The maximum Gasteiger partial charge on any atom is 0.418 e. The van der Waals surface area contributed by atoms with Gasteiger partial charge in [0.1, 0.15) is 0 Å². The van der Waals surface area contributed by atoms with Gasteiger partial charge in [0.05, 0.1) is 17.8 Å². The molecule has 0 aromatic heterocycles. The van der Waals surface area contributed by atoms with E-state index < -0.39 is 17.6 Å². The highest BCUT2D eigenvalue weighted by Crippen LogP contribution is 2.34. The van der Waals surface area contributed by atoms with Crippen molar-refractivity contribution in [1.29, 1.82) is 0 Å². The van der Waals surface area contributed by atoms with Crippen molar-refractivity contribution >= 4 is 29.7 Å². The Hall–Kier alpha value is -2.25. The summed E-state index contributed by atoms with van der Waals surface area (Å²) in [7, 11) is 0. The molecule has 0 atom stereocenters. The van der Waals surface area contributed by atoms with E-state index in [2.05, 4.69) is 5.32 Å². The molecule has 0 heterocycles. The summed E-state index contributed by atoms with van der Waals surface area (Å²) in [6.45, 7) is 2.92. The third-order valence-corrected chi connectivity index (χ3v) is 3.68. The Kier molecular flexibility index (Phi) is 7.92. The number of nitrogens with zero attached hydrogens (tertiary/aromatic N) is 1. The Balaban J connectivity index is 0.00000338. The summed E-state index contributed by atoms with van der Waals surface area (Å²) in [6, 6.07) is 12.2. The number of carbonyl (C=O) groups excluding carboxylic acids is 1.